The Kier molecular flexibility index (Phi) is 40.5. The number of anilines is 1. The first kappa shape index (κ1) is 87.5. The lowest BCUT2D eigenvalue weighted by Crippen LogP contribution is -2.51. The first-order valence-electron chi connectivity index (χ1n) is 34.2. The Balaban J connectivity index is 1.55. The molecule has 0 radical (unpaired) electrons. The average molecular weight is 1420 g/mol. The van der Waals surface area contributed by atoms with E-state index in [1.807, 2.05) is 30.3 Å². The molecule has 2 aromatic carbocycles. The van der Waals surface area contributed by atoms with Crippen molar-refractivity contribution in [2.24, 2.45) is 5.73 Å². The molecule has 29 nitrogen and oxygen atoms in total. The third kappa shape index (κ3) is 42.9. The molecule has 7 amide bonds. The van der Waals surface area contributed by atoms with E-state index in [0.29, 0.717) is 24.9 Å². The molecule has 29 heteroatoms. The molecule has 0 spiro atoms. The normalized spacial score (nSPS) is 12.0. The zero-order valence-corrected chi connectivity index (χ0v) is 59.3. The summed E-state index contributed by atoms with van der Waals surface area (Å²) in [5, 5.41) is 28.2. The number of amides is 7. The Morgan fingerprint density at radius 2 is 0.921 bits per heavy atom. The van der Waals surface area contributed by atoms with Gasteiger partial charge in [-0.05, 0) is 104 Å². The van der Waals surface area contributed by atoms with E-state index < -0.39 is 120 Å². The molecule has 101 heavy (non-hydrogen) atoms. The standard InChI is InChI=1S/C72H102N8O21/c1-8-74-68(97)60(41-46-14-10-9-11-15-46)79-65(94)45-76-64(93)44-77-67(96)58(73)16-12-13-39-75-63(92)43-57(89)34-33-55(87)30-29-53(85)26-25-51(83)22-21-49(81)19-20-50(82)23-24-52(84)27-28-54(86)31-32-56(88)35-37-62(91)69(98)80-59-42-47(17-36-61(59)90)40-48(78-70(99)101-72(5,6)7)18-38-66(95)100-71(2,3)4/h9-11,14-15,17,36,42,48,58,60,90H,8,12-13,16,18-35,37-41,43-45,73H2,1-7H3,(H,74,97)(H,75,92)(H,76,93)(H,77,96)(H,78,99)(H,79,94)(H,80,98)/t48-,58+,60+/m1/s1. The molecule has 2 aromatic rings. The summed E-state index contributed by atoms with van der Waals surface area (Å²) in [6.07, 6.45) is -3.57. The van der Waals surface area contributed by atoms with Gasteiger partial charge in [-0.15, -0.1) is 0 Å². The second kappa shape index (κ2) is 46.7. The summed E-state index contributed by atoms with van der Waals surface area (Å²) >= 11 is 0. The van der Waals surface area contributed by atoms with Crippen molar-refractivity contribution < 1.29 is 101 Å². The van der Waals surface area contributed by atoms with Crippen molar-refractivity contribution in [1.29, 1.82) is 0 Å². The van der Waals surface area contributed by atoms with Crippen LogP contribution >= 0.6 is 0 Å². The summed E-state index contributed by atoms with van der Waals surface area (Å²) in [6.45, 7) is 11.6. The van der Waals surface area contributed by atoms with Crippen LogP contribution in [0.3, 0.4) is 0 Å². The van der Waals surface area contributed by atoms with Gasteiger partial charge in [0.1, 0.15) is 75.0 Å². The number of alkyl carbamates (subject to hydrolysis) is 1. The Morgan fingerprint density at radius 1 is 0.455 bits per heavy atom. The number of carbonyl (C=O) groups excluding carboxylic acids is 18. The number of aromatic hydroxyl groups is 1. The number of ether oxygens (including phenoxy) is 2. The van der Waals surface area contributed by atoms with Gasteiger partial charge in [0.15, 0.2) is 0 Å². The van der Waals surface area contributed by atoms with Gasteiger partial charge >= 0.3 is 12.1 Å². The highest BCUT2D eigenvalue weighted by Crippen LogP contribution is 2.26. The average Bonchev–Trinajstić information content (AvgIpc) is 0.852. The van der Waals surface area contributed by atoms with Crippen LogP contribution in [0.25, 0.3) is 0 Å². The van der Waals surface area contributed by atoms with Gasteiger partial charge in [-0.2, -0.15) is 0 Å². The monoisotopic (exact) mass is 1410 g/mol. The molecule has 0 aromatic heterocycles. The first-order valence-corrected chi connectivity index (χ1v) is 34.2. The number of esters is 1. The molecule has 0 bridgehead atoms. The Hall–Kier alpha value is -9.54. The zero-order valence-electron chi connectivity index (χ0n) is 59.3. The van der Waals surface area contributed by atoms with Gasteiger partial charge in [-0.1, -0.05) is 36.4 Å². The first-order chi connectivity index (χ1) is 47.5. The molecule has 0 fully saturated rings. The van der Waals surface area contributed by atoms with Crippen LogP contribution < -0.4 is 43.0 Å². The Bertz CT molecular complexity index is 3240. The lowest BCUT2D eigenvalue weighted by molar-refractivity contribution is -0.155. The third-order valence-corrected chi connectivity index (χ3v) is 15.1. The quantitative estimate of drug-likeness (QED) is 0.0142. The van der Waals surface area contributed by atoms with Gasteiger partial charge < -0.3 is 57.5 Å². The second-order valence-corrected chi connectivity index (χ2v) is 26.6. The zero-order chi connectivity index (χ0) is 75.7. The fraction of sp³-hybridized carbons (Fsp3) is 0.583. The van der Waals surface area contributed by atoms with Gasteiger partial charge in [-0.25, -0.2) is 4.79 Å². The molecule has 0 aliphatic rings. The van der Waals surface area contributed by atoms with Crippen molar-refractivity contribution in [1.82, 2.24) is 31.9 Å². The number of ketones is 10. The minimum atomic E-state index is -1.12. The molecule has 556 valence electrons. The maximum absolute atomic E-state index is 12.8. The van der Waals surface area contributed by atoms with Gasteiger partial charge in [0.2, 0.25) is 35.3 Å². The van der Waals surface area contributed by atoms with Crippen LogP contribution in [0.2, 0.25) is 0 Å². The summed E-state index contributed by atoms with van der Waals surface area (Å²) < 4.78 is 10.8. The van der Waals surface area contributed by atoms with Crippen LogP contribution in [0, 0.1) is 0 Å². The lowest BCUT2D eigenvalue weighted by Gasteiger charge is -2.24. The van der Waals surface area contributed by atoms with E-state index in [0.717, 1.165) is 5.56 Å². The van der Waals surface area contributed by atoms with Crippen molar-refractivity contribution in [3.63, 3.8) is 0 Å². The van der Waals surface area contributed by atoms with Gasteiger partial charge in [0.25, 0.3) is 5.91 Å². The molecule has 0 aliphatic carbocycles. The number of hydrogen-bond acceptors (Lipinski definition) is 22. The van der Waals surface area contributed by atoms with E-state index in [4.69, 9.17) is 15.2 Å². The van der Waals surface area contributed by atoms with E-state index in [-0.39, 0.29) is 200 Å². The van der Waals surface area contributed by atoms with Crippen LogP contribution in [-0.2, 0) is 104 Å². The van der Waals surface area contributed by atoms with Gasteiger partial charge in [0, 0.05) is 148 Å². The predicted octanol–water partition coefficient (Wildman–Crippen LogP) is 4.70. The van der Waals surface area contributed by atoms with E-state index in [1.54, 1.807) is 48.5 Å². The lowest BCUT2D eigenvalue weighted by atomic mass is 9.99. The third-order valence-electron chi connectivity index (χ3n) is 15.1. The number of phenols is 1. The van der Waals surface area contributed by atoms with Crippen LogP contribution in [-0.4, -0.2) is 166 Å². The van der Waals surface area contributed by atoms with E-state index in [2.05, 4.69) is 37.2 Å². The fourth-order valence-corrected chi connectivity index (χ4v) is 9.59. The molecule has 0 unspecified atom stereocenters. The Morgan fingerprint density at radius 3 is 1.40 bits per heavy atom. The van der Waals surface area contributed by atoms with E-state index in [1.165, 1.54) is 18.2 Å². The fourth-order valence-electron chi connectivity index (χ4n) is 9.59. The predicted molar refractivity (Wildman–Crippen MR) is 368 cm³/mol. The maximum Gasteiger partial charge on any atom is 0.407 e. The molecular weight excluding hydrogens is 1310 g/mol. The summed E-state index contributed by atoms with van der Waals surface area (Å²) in [6, 6.07) is 10.8. The number of benzene rings is 2. The van der Waals surface area contributed by atoms with E-state index in [9.17, 15) is 91.4 Å². The van der Waals surface area contributed by atoms with Crippen molar-refractivity contribution >= 4 is 111 Å². The van der Waals surface area contributed by atoms with Gasteiger partial charge in [0.05, 0.1) is 31.2 Å². The number of likely N-dealkylation sites (N-methyl/N-ethyl adjacent to an activating group) is 1. The number of carbonyl (C=O) groups is 18. The van der Waals surface area contributed by atoms with Gasteiger partial charge in [-0.3, -0.25) is 81.5 Å². The molecule has 0 aliphatic heterocycles. The number of rotatable bonds is 52. The van der Waals surface area contributed by atoms with Crippen molar-refractivity contribution in [3.05, 3.63) is 59.7 Å². The summed E-state index contributed by atoms with van der Waals surface area (Å²) in [4.78, 5) is 225. The molecule has 0 heterocycles. The van der Waals surface area contributed by atoms with Crippen LogP contribution in [0.15, 0.2) is 48.5 Å². The molecule has 10 N–H and O–H groups in total. The number of phenolic OH excluding ortho intramolecular Hbond substituents is 1. The van der Waals surface area contributed by atoms with Crippen molar-refractivity contribution in [3.8, 4) is 5.75 Å². The topological polar surface area (TPSA) is 456 Å². The van der Waals surface area contributed by atoms with Crippen molar-refractivity contribution in [2.75, 3.05) is 31.5 Å². The minimum absolute atomic E-state index is 0.0420. The molecule has 0 saturated carbocycles. The minimum Gasteiger partial charge on any atom is -0.506 e. The largest absolute Gasteiger partial charge is 0.506 e. The smallest absolute Gasteiger partial charge is 0.407 e. The summed E-state index contributed by atoms with van der Waals surface area (Å²) in [5.74, 6) is -9.45. The van der Waals surface area contributed by atoms with E-state index >= 15 is 0 Å². The number of nitrogens with two attached hydrogens (primary N) is 1. The molecule has 0 saturated heterocycles. The number of unbranched alkanes of at least 4 members (excludes halogenated alkanes) is 1. The molecule has 2 rings (SSSR count). The second-order valence-electron chi connectivity index (χ2n) is 26.6. The number of nitrogens with one attached hydrogen (secondary N) is 7. The van der Waals surface area contributed by atoms with Crippen molar-refractivity contribution in [2.45, 2.75) is 245 Å². The van der Waals surface area contributed by atoms with Crippen LogP contribution in [0.5, 0.6) is 5.75 Å². The maximum atomic E-state index is 12.8. The van der Waals surface area contributed by atoms with Crippen LogP contribution in [0.4, 0.5) is 10.5 Å². The van der Waals surface area contributed by atoms with Crippen LogP contribution in [0.1, 0.15) is 214 Å². The highest BCUT2D eigenvalue weighted by Gasteiger charge is 2.26. The number of Topliss-reactive ketones (excluding diaryl/α,β-unsaturated/α-hetero) is 10. The summed E-state index contributed by atoms with van der Waals surface area (Å²) in [5.41, 5.74) is 5.62. The Labute approximate surface area is 589 Å². The number of hydrogen-bond donors (Lipinski definition) is 9. The SMILES string of the molecule is CCNC(=O)[C@H](Cc1ccccc1)NC(=O)CNC(=O)CNC(=O)[C@@H](N)CCCCNC(=O)CC(=O)CCC(=O)CCC(=O)CCC(=O)CCC(=O)CCC(=O)CCC(=O)CCC(=O)CCC(=O)CCC(=O)C(=O)Nc1cc(C[C@@H](CCC(=O)OC(C)(C)C)NC(=O)OC(C)(C)C)ccc1O. The highest BCUT2D eigenvalue weighted by molar-refractivity contribution is 6.41. The summed E-state index contributed by atoms with van der Waals surface area (Å²) in [7, 11) is 0. The molecular formula is C72H102N8O21. The molecule has 3 atom stereocenters. The highest BCUT2D eigenvalue weighted by atomic mass is 16.6.